The average Bonchev–Trinajstić information content (AvgIpc) is 3.02. The van der Waals surface area contributed by atoms with Crippen LogP contribution in [-0.2, 0) is 11.2 Å². The van der Waals surface area contributed by atoms with Crippen LogP contribution >= 0.6 is 11.6 Å². The van der Waals surface area contributed by atoms with Crippen LogP contribution < -0.4 is 10.2 Å². The van der Waals surface area contributed by atoms with Gasteiger partial charge < -0.3 is 14.4 Å². The van der Waals surface area contributed by atoms with E-state index in [4.69, 9.17) is 26.0 Å². The third-order valence-electron chi connectivity index (χ3n) is 3.44. The molecule has 0 aliphatic carbocycles. The number of benzene rings is 2. The fourth-order valence-electron chi connectivity index (χ4n) is 2.34. The molecule has 0 saturated heterocycles. The van der Waals surface area contributed by atoms with E-state index in [0.29, 0.717) is 28.6 Å². The number of aliphatic carboxylic acids is 1. The highest BCUT2D eigenvalue weighted by Gasteiger charge is 2.15. The summed E-state index contributed by atoms with van der Waals surface area (Å²) in [6.45, 7) is -0.445. The molecular weight excluding hydrogens is 342 g/mol. The van der Waals surface area contributed by atoms with Gasteiger partial charge in [0, 0.05) is 11.4 Å². The predicted molar refractivity (Wildman–Crippen MR) is 95.3 cm³/mol. The summed E-state index contributed by atoms with van der Waals surface area (Å²) < 4.78 is 10.6. The van der Waals surface area contributed by atoms with E-state index in [-0.39, 0.29) is 5.89 Å². The Hall–Kier alpha value is -2.80. The highest BCUT2D eigenvalue weighted by atomic mass is 35.5. The Morgan fingerprint density at radius 3 is 2.88 bits per heavy atom. The molecule has 0 fully saturated rings. The first-order valence-corrected chi connectivity index (χ1v) is 7.92. The lowest BCUT2D eigenvalue weighted by atomic mass is 9.94. The second-order valence-electron chi connectivity index (χ2n) is 5.50. The third-order valence-corrected chi connectivity index (χ3v) is 3.67. The zero-order valence-electron chi connectivity index (χ0n) is 13.4. The van der Waals surface area contributed by atoms with E-state index in [1.807, 2.05) is 38.2 Å². The Kier molecular flexibility index (Phi) is 5.04. The fourth-order valence-corrected chi connectivity index (χ4v) is 2.55. The summed E-state index contributed by atoms with van der Waals surface area (Å²) in [5.74, 6) is 0.105. The van der Waals surface area contributed by atoms with Gasteiger partial charge in [-0.15, -0.1) is 0 Å². The first kappa shape index (κ1) is 17.0. The maximum atomic E-state index is 10.7. The summed E-state index contributed by atoms with van der Waals surface area (Å²) in [5.41, 5.74) is 2.49. The van der Waals surface area contributed by atoms with Gasteiger partial charge in [-0.3, -0.25) is 0 Å². The smallest absolute Gasteiger partial charge is 0.341 e. The molecule has 1 aromatic heterocycles. The number of hydrogen-bond acceptors (Lipinski definition) is 5. The van der Waals surface area contributed by atoms with Crippen molar-refractivity contribution in [1.29, 1.82) is 0 Å². The van der Waals surface area contributed by atoms with Gasteiger partial charge in [0.15, 0.2) is 12.4 Å². The van der Waals surface area contributed by atoms with Crippen LogP contribution in [0.2, 0.25) is 5.02 Å². The maximum absolute atomic E-state index is 10.7. The van der Waals surface area contributed by atoms with Gasteiger partial charge in [-0.1, -0.05) is 46.5 Å². The van der Waals surface area contributed by atoms with Crippen LogP contribution in [0.4, 0.5) is 0 Å². The van der Waals surface area contributed by atoms with Gasteiger partial charge in [0.1, 0.15) is 13.6 Å². The topological polar surface area (TPSA) is 85.5 Å². The molecule has 0 aliphatic heterocycles. The monoisotopic (exact) mass is 356 g/mol. The maximum Gasteiger partial charge on any atom is 0.341 e. The molecule has 0 amide bonds. The van der Waals surface area contributed by atoms with Crippen molar-refractivity contribution in [3.8, 4) is 17.2 Å². The summed E-state index contributed by atoms with van der Waals surface area (Å²) in [6, 6.07) is 12.7. The predicted octanol–water partition coefficient (Wildman–Crippen LogP) is 1.70. The molecule has 2 aromatic carbocycles. The van der Waals surface area contributed by atoms with Gasteiger partial charge in [0.05, 0.1) is 5.56 Å². The molecule has 0 unspecified atom stereocenters. The number of hydrogen-bond donors (Lipinski definition) is 1. The van der Waals surface area contributed by atoms with E-state index in [0.717, 1.165) is 11.0 Å². The lowest BCUT2D eigenvalue weighted by Crippen LogP contribution is -2.11. The summed E-state index contributed by atoms with van der Waals surface area (Å²) in [4.78, 5) is 15.1. The van der Waals surface area contributed by atoms with E-state index in [9.17, 15) is 4.79 Å². The molecule has 6 nitrogen and oxygen atoms in total. The molecule has 0 atom stereocenters. The van der Waals surface area contributed by atoms with Crippen molar-refractivity contribution in [2.24, 2.45) is 0 Å². The first-order chi connectivity index (χ1) is 12.0. The Morgan fingerprint density at radius 2 is 2.12 bits per heavy atom. The molecule has 0 saturated carbocycles. The van der Waals surface area contributed by atoms with Crippen molar-refractivity contribution < 1.29 is 19.2 Å². The largest absolute Gasteiger partial charge is 0.481 e. The van der Waals surface area contributed by atoms with Crippen LogP contribution in [0, 0.1) is 0 Å². The minimum atomic E-state index is -1.06. The summed E-state index contributed by atoms with van der Waals surface area (Å²) in [7, 11) is 1.91. The summed E-state index contributed by atoms with van der Waals surface area (Å²) in [6.07, 6.45) is 0.473. The van der Waals surface area contributed by atoms with E-state index >= 15 is 0 Å². The summed E-state index contributed by atoms with van der Waals surface area (Å²) >= 11 is 5.98. The number of aromatic nitrogens is 2. The van der Waals surface area contributed by atoms with Crippen LogP contribution in [0.1, 0.15) is 11.4 Å². The standard InChI is InChI=1S/C17H14BClN2O4/c18-11-4-5-14(24-9-16(22)23)13(8-11)17-20-15(21-25-17)7-10-2-1-3-12(19)6-10/h1-6,8H,7,9,18H2,(H,22,23). The van der Waals surface area contributed by atoms with Gasteiger partial charge >= 0.3 is 5.97 Å². The van der Waals surface area contributed by atoms with Gasteiger partial charge in [-0.2, -0.15) is 4.98 Å². The van der Waals surface area contributed by atoms with Crippen molar-refractivity contribution in [2.45, 2.75) is 6.42 Å². The van der Waals surface area contributed by atoms with Gasteiger partial charge in [0.2, 0.25) is 0 Å². The number of carbonyl (C=O) groups is 1. The van der Waals surface area contributed by atoms with Crippen molar-refractivity contribution in [1.82, 2.24) is 10.1 Å². The highest BCUT2D eigenvalue weighted by molar-refractivity contribution is 6.32. The molecule has 0 radical (unpaired) electrons. The highest BCUT2D eigenvalue weighted by Crippen LogP contribution is 2.28. The van der Waals surface area contributed by atoms with Gasteiger partial charge in [0.25, 0.3) is 5.89 Å². The zero-order chi connectivity index (χ0) is 17.8. The van der Waals surface area contributed by atoms with Crippen LogP contribution in [0.25, 0.3) is 11.5 Å². The molecule has 3 aromatic rings. The fraction of sp³-hybridized carbons (Fsp3) is 0.118. The Bertz CT molecular complexity index is 913. The second-order valence-corrected chi connectivity index (χ2v) is 5.94. The van der Waals surface area contributed by atoms with Crippen molar-refractivity contribution in [3.05, 3.63) is 58.9 Å². The van der Waals surface area contributed by atoms with Crippen molar-refractivity contribution >= 4 is 30.9 Å². The third kappa shape index (κ3) is 4.39. The van der Waals surface area contributed by atoms with Crippen LogP contribution in [0.3, 0.4) is 0 Å². The van der Waals surface area contributed by atoms with E-state index in [2.05, 4.69) is 10.1 Å². The quantitative estimate of drug-likeness (QED) is 0.677. The number of carboxylic acid groups (broad SMARTS) is 1. The average molecular weight is 357 g/mol. The number of halogens is 1. The zero-order valence-corrected chi connectivity index (χ0v) is 14.2. The molecule has 3 rings (SSSR count). The van der Waals surface area contributed by atoms with E-state index in [1.165, 1.54) is 0 Å². The van der Waals surface area contributed by atoms with E-state index in [1.54, 1.807) is 12.1 Å². The molecule has 0 spiro atoms. The lowest BCUT2D eigenvalue weighted by molar-refractivity contribution is -0.139. The normalized spacial score (nSPS) is 10.6. The van der Waals surface area contributed by atoms with Gasteiger partial charge in [-0.05, 0) is 23.8 Å². The molecule has 0 aliphatic rings. The minimum Gasteiger partial charge on any atom is -0.481 e. The number of carboxylic acids is 1. The SMILES string of the molecule is Bc1ccc(OCC(=O)O)c(-c2nc(Cc3cccc(Cl)c3)no2)c1. The van der Waals surface area contributed by atoms with Crippen LogP contribution in [0.15, 0.2) is 47.0 Å². The molecule has 0 bridgehead atoms. The summed E-state index contributed by atoms with van der Waals surface area (Å²) in [5, 5.41) is 13.4. The molecular formula is C17H14BClN2O4. The molecule has 25 heavy (non-hydrogen) atoms. The van der Waals surface area contributed by atoms with Crippen LogP contribution in [-0.4, -0.2) is 35.7 Å². The second kappa shape index (κ2) is 7.40. The lowest BCUT2D eigenvalue weighted by Gasteiger charge is -2.08. The number of ether oxygens (including phenoxy) is 1. The Labute approximate surface area is 149 Å². The molecule has 8 heteroatoms. The number of nitrogens with zero attached hydrogens (tertiary/aromatic N) is 2. The first-order valence-electron chi connectivity index (χ1n) is 7.54. The molecule has 1 heterocycles. The molecule has 1 N–H and O–H groups in total. The van der Waals surface area contributed by atoms with Crippen LogP contribution in [0.5, 0.6) is 5.75 Å². The Balaban J connectivity index is 1.86. The van der Waals surface area contributed by atoms with Gasteiger partial charge in [-0.25, -0.2) is 4.79 Å². The number of rotatable bonds is 6. The van der Waals surface area contributed by atoms with E-state index < -0.39 is 12.6 Å². The minimum absolute atomic E-state index is 0.279. The Morgan fingerprint density at radius 1 is 1.28 bits per heavy atom. The molecule has 126 valence electrons. The van der Waals surface area contributed by atoms with Crippen molar-refractivity contribution in [3.63, 3.8) is 0 Å². The van der Waals surface area contributed by atoms with Crippen molar-refractivity contribution in [2.75, 3.05) is 6.61 Å².